The molecule has 2 aromatic carbocycles. The van der Waals surface area contributed by atoms with Crippen LogP contribution in [0, 0.1) is 18.8 Å². The normalized spacial score (nSPS) is 9.86. The molecule has 0 fully saturated rings. The van der Waals surface area contributed by atoms with E-state index in [1.165, 1.54) is 0 Å². The van der Waals surface area contributed by atoms with Crippen LogP contribution in [0.1, 0.15) is 23.1 Å². The maximum atomic E-state index is 5.96. The summed E-state index contributed by atoms with van der Waals surface area (Å²) in [5, 5.41) is 0.720. The first kappa shape index (κ1) is 15.8. The smallest absolute Gasteiger partial charge is 0.122 e. The monoisotopic (exact) mass is 318 g/mol. The fourth-order valence-corrected chi connectivity index (χ4v) is 2.20. The van der Waals surface area contributed by atoms with Crippen molar-refractivity contribution in [3.63, 3.8) is 0 Å². The van der Waals surface area contributed by atoms with Gasteiger partial charge in [0.2, 0.25) is 0 Å². The highest BCUT2D eigenvalue weighted by molar-refractivity contribution is 6.30. The number of alkyl halides is 1. The molecule has 3 heteroatoms. The van der Waals surface area contributed by atoms with Gasteiger partial charge in [-0.05, 0) is 48.4 Å². The molecule has 1 nitrogen and oxygen atoms in total. The lowest BCUT2D eigenvalue weighted by Gasteiger charge is -2.09. The van der Waals surface area contributed by atoms with E-state index in [0.29, 0.717) is 18.9 Å². The summed E-state index contributed by atoms with van der Waals surface area (Å²) in [5.74, 6) is 7.53. The minimum atomic E-state index is 0.499. The Kier molecular flexibility index (Phi) is 5.99. The molecule has 0 aromatic heterocycles. The number of benzene rings is 2. The second kappa shape index (κ2) is 7.98. The lowest BCUT2D eigenvalue weighted by molar-refractivity contribution is 0.304. The van der Waals surface area contributed by atoms with Crippen LogP contribution in [-0.2, 0) is 6.61 Å². The third-order valence-electron chi connectivity index (χ3n) is 2.91. The zero-order valence-electron chi connectivity index (χ0n) is 11.8. The van der Waals surface area contributed by atoms with Crippen LogP contribution in [0.25, 0.3) is 0 Å². The van der Waals surface area contributed by atoms with Gasteiger partial charge in [0.15, 0.2) is 0 Å². The maximum absolute atomic E-state index is 5.96. The van der Waals surface area contributed by atoms with Gasteiger partial charge in [-0.1, -0.05) is 35.6 Å². The first-order valence-electron chi connectivity index (χ1n) is 6.72. The quantitative estimate of drug-likeness (QED) is 0.555. The molecular weight excluding hydrogens is 303 g/mol. The van der Waals surface area contributed by atoms with E-state index in [2.05, 4.69) is 11.8 Å². The van der Waals surface area contributed by atoms with Crippen molar-refractivity contribution in [3.8, 4) is 17.6 Å². The van der Waals surface area contributed by atoms with Gasteiger partial charge in [0.05, 0.1) is 0 Å². The predicted octanol–water partition coefficient (Wildman–Crippen LogP) is 5.21. The van der Waals surface area contributed by atoms with Gasteiger partial charge < -0.3 is 4.74 Å². The molecule has 2 rings (SSSR count). The van der Waals surface area contributed by atoms with Crippen molar-refractivity contribution in [2.24, 2.45) is 0 Å². The SMILES string of the molecule is Cc1cc(C#CCCCl)ccc1OCc1cccc(Cl)c1. The Morgan fingerprint density at radius 1 is 1.14 bits per heavy atom. The van der Waals surface area contributed by atoms with Crippen molar-refractivity contribution in [2.75, 3.05) is 5.88 Å². The number of hydrogen-bond donors (Lipinski definition) is 0. The average molecular weight is 319 g/mol. The summed E-state index contributed by atoms with van der Waals surface area (Å²) in [6.07, 6.45) is 0.702. The number of hydrogen-bond acceptors (Lipinski definition) is 1. The molecule has 0 radical (unpaired) electrons. The van der Waals surface area contributed by atoms with Gasteiger partial charge in [0.25, 0.3) is 0 Å². The van der Waals surface area contributed by atoms with Gasteiger partial charge in [-0.3, -0.25) is 0 Å². The summed E-state index contributed by atoms with van der Waals surface area (Å²) in [6, 6.07) is 13.6. The Hall–Kier alpha value is -1.62. The molecule has 0 atom stereocenters. The zero-order valence-corrected chi connectivity index (χ0v) is 13.3. The molecular formula is C18H16Cl2O. The van der Waals surface area contributed by atoms with E-state index in [1.54, 1.807) is 0 Å². The van der Waals surface area contributed by atoms with Crippen LogP contribution in [0.15, 0.2) is 42.5 Å². The van der Waals surface area contributed by atoms with E-state index in [1.807, 2.05) is 49.4 Å². The largest absolute Gasteiger partial charge is 0.489 e. The molecule has 2 aromatic rings. The topological polar surface area (TPSA) is 9.23 Å². The molecule has 0 spiro atoms. The molecule has 0 aliphatic rings. The first-order chi connectivity index (χ1) is 10.2. The van der Waals surface area contributed by atoms with Gasteiger partial charge in [0.1, 0.15) is 12.4 Å². The maximum Gasteiger partial charge on any atom is 0.122 e. The van der Waals surface area contributed by atoms with Crippen LogP contribution in [0.3, 0.4) is 0 Å². The van der Waals surface area contributed by atoms with Gasteiger partial charge in [-0.15, -0.1) is 11.6 Å². The van der Waals surface area contributed by atoms with E-state index >= 15 is 0 Å². The van der Waals surface area contributed by atoms with Crippen LogP contribution in [0.4, 0.5) is 0 Å². The lowest BCUT2D eigenvalue weighted by atomic mass is 10.1. The molecule has 0 saturated carbocycles. The number of halogens is 2. The Labute approximate surface area is 135 Å². The molecule has 0 aliphatic heterocycles. The van der Waals surface area contributed by atoms with Gasteiger partial charge in [0, 0.05) is 22.9 Å². The molecule has 0 saturated heterocycles. The van der Waals surface area contributed by atoms with Crippen molar-refractivity contribution < 1.29 is 4.74 Å². The van der Waals surface area contributed by atoms with E-state index < -0.39 is 0 Å². The van der Waals surface area contributed by atoms with E-state index in [9.17, 15) is 0 Å². The number of ether oxygens (including phenoxy) is 1. The summed E-state index contributed by atoms with van der Waals surface area (Å²) in [4.78, 5) is 0. The molecule has 108 valence electrons. The molecule has 21 heavy (non-hydrogen) atoms. The van der Waals surface area contributed by atoms with Gasteiger partial charge >= 0.3 is 0 Å². The summed E-state index contributed by atoms with van der Waals surface area (Å²) >= 11 is 11.6. The second-order valence-electron chi connectivity index (χ2n) is 4.64. The van der Waals surface area contributed by atoms with E-state index in [0.717, 1.165) is 27.5 Å². The van der Waals surface area contributed by atoms with Crippen LogP contribution in [0.2, 0.25) is 5.02 Å². The Balaban J connectivity index is 2.03. The van der Waals surface area contributed by atoms with Crippen molar-refractivity contribution in [1.29, 1.82) is 0 Å². The number of rotatable bonds is 4. The van der Waals surface area contributed by atoms with Gasteiger partial charge in [-0.2, -0.15) is 0 Å². The summed E-state index contributed by atoms with van der Waals surface area (Å²) in [7, 11) is 0. The molecule has 0 N–H and O–H groups in total. The average Bonchev–Trinajstić information content (AvgIpc) is 2.47. The Morgan fingerprint density at radius 3 is 2.71 bits per heavy atom. The Morgan fingerprint density at radius 2 is 2.00 bits per heavy atom. The van der Waals surface area contributed by atoms with Crippen LogP contribution >= 0.6 is 23.2 Å². The second-order valence-corrected chi connectivity index (χ2v) is 5.45. The van der Waals surface area contributed by atoms with E-state index in [4.69, 9.17) is 27.9 Å². The highest BCUT2D eigenvalue weighted by Crippen LogP contribution is 2.21. The summed E-state index contributed by atoms with van der Waals surface area (Å²) in [5.41, 5.74) is 3.09. The van der Waals surface area contributed by atoms with Crippen LogP contribution in [-0.4, -0.2) is 5.88 Å². The van der Waals surface area contributed by atoms with Crippen LogP contribution in [0.5, 0.6) is 5.75 Å². The predicted molar refractivity (Wildman–Crippen MR) is 89.2 cm³/mol. The van der Waals surface area contributed by atoms with Gasteiger partial charge in [-0.25, -0.2) is 0 Å². The molecule has 0 unspecified atom stereocenters. The summed E-state index contributed by atoms with van der Waals surface area (Å²) in [6.45, 7) is 2.51. The Bertz CT molecular complexity index is 668. The summed E-state index contributed by atoms with van der Waals surface area (Å²) < 4.78 is 5.83. The number of aryl methyl sites for hydroxylation is 1. The van der Waals surface area contributed by atoms with E-state index in [-0.39, 0.29) is 0 Å². The first-order valence-corrected chi connectivity index (χ1v) is 7.63. The lowest BCUT2D eigenvalue weighted by Crippen LogP contribution is -1.97. The third-order valence-corrected chi connectivity index (χ3v) is 3.33. The fourth-order valence-electron chi connectivity index (χ4n) is 1.89. The molecule has 0 aliphatic carbocycles. The molecule has 0 bridgehead atoms. The molecule has 0 amide bonds. The highest BCUT2D eigenvalue weighted by Gasteiger charge is 2.01. The molecule has 0 heterocycles. The van der Waals surface area contributed by atoms with Crippen molar-refractivity contribution in [3.05, 3.63) is 64.2 Å². The van der Waals surface area contributed by atoms with Crippen LogP contribution < -0.4 is 4.74 Å². The van der Waals surface area contributed by atoms with Crippen molar-refractivity contribution >= 4 is 23.2 Å². The highest BCUT2D eigenvalue weighted by atomic mass is 35.5. The standard InChI is InChI=1S/C18H16Cl2O/c1-14-11-15(5-2-3-10-19)8-9-18(14)21-13-16-6-4-7-17(20)12-16/h4,6-9,11-12H,3,10,13H2,1H3. The van der Waals surface area contributed by atoms with Crippen molar-refractivity contribution in [2.45, 2.75) is 20.0 Å². The zero-order chi connectivity index (χ0) is 15.1. The third kappa shape index (κ3) is 5.01. The fraction of sp³-hybridized carbons (Fsp3) is 0.222. The van der Waals surface area contributed by atoms with Crippen molar-refractivity contribution in [1.82, 2.24) is 0 Å². The minimum Gasteiger partial charge on any atom is -0.489 e. The minimum absolute atomic E-state index is 0.499.